The third kappa shape index (κ3) is 4.70. The van der Waals surface area contributed by atoms with Crippen LogP contribution in [0, 0.1) is 12.8 Å². The Kier molecular flexibility index (Phi) is 6.06. The van der Waals surface area contributed by atoms with E-state index < -0.39 is 5.60 Å². The van der Waals surface area contributed by atoms with Gasteiger partial charge < -0.3 is 20.6 Å². The van der Waals surface area contributed by atoms with E-state index in [1.54, 1.807) is 13.8 Å². The van der Waals surface area contributed by atoms with Crippen LogP contribution in [0.3, 0.4) is 0 Å². The zero-order valence-electron chi connectivity index (χ0n) is 19.2. The van der Waals surface area contributed by atoms with E-state index in [9.17, 15) is 9.90 Å². The van der Waals surface area contributed by atoms with E-state index in [1.807, 2.05) is 54.8 Å². The molecule has 4 rings (SSSR count). The van der Waals surface area contributed by atoms with Crippen molar-refractivity contribution in [2.75, 3.05) is 29.9 Å². The van der Waals surface area contributed by atoms with Gasteiger partial charge in [0.2, 0.25) is 5.91 Å². The largest absolute Gasteiger partial charge is 0.386 e. The number of rotatable bonds is 6. The molecular weight excluding hydrogens is 404 g/mol. The molecule has 8 heteroatoms. The zero-order chi connectivity index (χ0) is 22.9. The summed E-state index contributed by atoms with van der Waals surface area (Å²) in [6.07, 6.45) is 1.63. The van der Waals surface area contributed by atoms with Gasteiger partial charge in [0.05, 0.1) is 11.3 Å². The average Bonchev–Trinajstić information content (AvgIpc) is 3.13. The molecule has 0 spiro atoms. The van der Waals surface area contributed by atoms with Crippen molar-refractivity contribution in [1.29, 1.82) is 0 Å². The van der Waals surface area contributed by atoms with Gasteiger partial charge in [-0.15, -0.1) is 0 Å². The minimum absolute atomic E-state index is 0.0646. The second-order valence-corrected chi connectivity index (χ2v) is 8.97. The fourth-order valence-corrected chi connectivity index (χ4v) is 4.16. The third-order valence-electron chi connectivity index (χ3n) is 5.94. The summed E-state index contributed by atoms with van der Waals surface area (Å²) in [6.45, 7) is 9.71. The van der Waals surface area contributed by atoms with Crippen molar-refractivity contribution in [2.24, 2.45) is 5.92 Å². The predicted octanol–water partition coefficient (Wildman–Crippen LogP) is 3.36. The van der Waals surface area contributed by atoms with E-state index in [1.165, 1.54) is 0 Å². The summed E-state index contributed by atoms with van der Waals surface area (Å²) < 4.78 is 1.88. The molecule has 3 N–H and O–H groups in total. The topological polar surface area (TPSA) is 94.8 Å². The molecule has 0 radical (unpaired) electrons. The molecule has 0 atom stereocenters. The van der Waals surface area contributed by atoms with E-state index in [0.29, 0.717) is 6.54 Å². The van der Waals surface area contributed by atoms with Crippen LogP contribution in [0.15, 0.2) is 36.4 Å². The number of aryl methyl sites for hydroxylation is 1. The lowest BCUT2D eigenvalue weighted by atomic mass is 9.96. The molecule has 1 aliphatic rings. The fourth-order valence-electron chi connectivity index (χ4n) is 4.16. The lowest BCUT2D eigenvalue weighted by Gasteiger charge is -2.33. The van der Waals surface area contributed by atoms with Crippen molar-refractivity contribution in [3.05, 3.63) is 47.7 Å². The quantitative estimate of drug-likeness (QED) is 0.549. The van der Waals surface area contributed by atoms with Crippen LogP contribution in [0.4, 0.5) is 17.3 Å². The number of benzene rings is 1. The number of amides is 1. The summed E-state index contributed by atoms with van der Waals surface area (Å²) in [6, 6.07) is 11.7. The standard InChI is InChI=1S/C24H32N6O2/c1-5-25-23(31)17-10-12-29(13-11-17)22-15-20(27-21-14-16(2)28-30(21)22)26-19-8-6-18(7-9-19)24(3,4)32/h6-9,14-15,17,32H,5,10-13H2,1-4H3,(H,25,31)(H,26,27). The maximum atomic E-state index is 12.2. The number of aromatic nitrogens is 3. The summed E-state index contributed by atoms with van der Waals surface area (Å²) >= 11 is 0. The average molecular weight is 437 g/mol. The summed E-state index contributed by atoms with van der Waals surface area (Å²) in [4.78, 5) is 19.2. The Balaban J connectivity index is 1.58. The molecule has 8 nitrogen and oxygen atoms in total. The summed E-state index contributed by atoms with van der Waals surface area (Å²) in [7, 11) is 0. The van der Waals surface area contributed by atoms with Crippen molar-refractivity contribution in [1.82, 2.24) is 19.9 Å². The highest BCUT2D eigenvalue weighted by atomic mass is 16.3. The Bertz CT molecular complexity index is 1090. The smallest absolute Gasteiger partial charge is 0.223 e. The minimum Gasteiger partial charge on any atom is -0.386 e. The maximum absolute atomic E-state index is 12.2. The van der Waals surface area contributed by atoms with Gasteiger partial charge in [-0.05, 0) is 58.2 Å². The zero-order valence-corrected chi connectivity index (χ0v) is 19.2. The van der Waals surface area contributed by atoms with Crippen LogP contribution in [0.1, 0.15) is 44.9 Å². The van der Waals surface area contributed by atoms with Crippen molar-refractivity contribution < 1.29 is 9.90 Å². The van der Waals surface area contributed by atoms with E-state index in [0.717, 1.165) is 60.2 Å². The van der Waals surface area contributed by atoms with Crippen molar-refractivity contribution in [3.8, 4) is 0 Å². The summed E-state index contributed by atoms with van der Waals surface area (Å²) in [5, 5.41) is 21.1. The molecule has 3 aromatic rings. The van der Waals surface area contributed by atoms with Gasteiger partial charge in [0.25, 0.3) is 0 Å². The number of carbonyl (C=O) groups excluding carboxylic acids is 1. The fraction of sp³-hybridized carbons (Fsp3) is 0.458. The molecule has 0 aliphatic carbocycles. The van der Waals surface area contributed by atoms with Crippen LogP contribution in [0.5, 0.6) is 0 Å². The molecule has 2 aromatic heterocycles. The van der Waals surface area contributed by atoms with E-state index in [2.05, 4.69) is 20.6 Å². The number of fused-ring (bicyclic) bond motifs is 1. The van der Waals surface area contributed by atoms with Crippen molar-refractivity contribution >= 4 is 28.9 Å². The Hall–Kier alpha value is -3.13. The summed E-state index contributed by atoms with van der Waals surface area (Å²) in [5.74, 6) is 1.91. The highest BCUT2D eigenvalue weighted by Crippen LogP contribution is 2.28. The predicted molar refractivity (Wildman–Crippen MR) is 126 cm³/mol. The number of hydrogen-bond donors (Lipinski definition) is 3. The monoisotopic (exact) mass is 436 g/mol. The Morgan fingerprint density at radius 1 is 1.19 bits per heavy atom. The lowest BCUT2D eigenvalue weighted by molar-refractivity contribution is -0.125. The Morgan fingerprint density at radius 3 is 2.50 bits per heavy atom. The highest BCUT2D eigenvalue weighted by molar-refractivity contribution is 5.79. The van der Waals surface area contributed by atoms with Crippen LogP contribution in [-0.2, 0) is 10.4 Å². The third-order valence-corrected chi connectivity index (χ3v) is 5.94. The van der Waals surface area contributed by atoms with Crippen molar-refractivity contribution in [3.63, 3.8) is 0 Å². The van der Waals surface area contributed by atoms with E-state index in [-0.39, 0.29) is 11.8 Å². The van der Waals surface area contributed by atoms with Gasteiger partial charge in [-0.1, -0.05) is 12.1 Å². The molecule has 1 aromatic carbocycles. The van der Waals surface area contributed by atoms with Gasteiger partial charge >= 0.3 is 0 Å². The van der Waals surface area contributed by atoms with Crippen molar-refractivity contribution in [2.45, 2.75) is 46.1 Å². The first-order chi connectivity index (χ1) is 15.2. The molecule has 1 aliphatic heterocycles. The van der Waals surface area contributed by atoms with Crippen LogP contribution in [-0.4, -0.2) is 45.2 Å². The molecular formula is C24H32N6O2. The Labute approximate surface area is 188 Å². The molecule has 1 amide bonds. The first-order valence-corrected chi connectivity index (χ1v) is 11.2. The van der Waals surface area contributed by atoms with Gasteiger partial charge in [-0.2, -0.15) is 9.61 Å². The number of carbonyl (C=O) groups is 1. The second kappa shape index (κ2) is 8.78. The number of anilines is 3. The lowest BCUT2D eigenvalue weighted by Crippen LogP contribution is -2.41. The van der Waals surface area contributed by atoms with Gasteiger partial charge in [0.15, 0.2) is 5.65 Å². The van der Waals surface area contributed by atoms with Crippen LogP contribution in [0.25, 0.3) is 5.65 Å². The number of piperidine rings is 1. The number of hydrogen-bond acceptors (Lipinski definition) is 6. The second-order valence-electron chi connectivity index (χ2n) is 8.97. The molecule has 1 fully saturated rings. The van der Waals surface area contributed by atoms with Crippen LogP contribution < -0.4 is 15.5 Å². The molecule has 0 bridgehead atoms. The molecule has 32 heavy (non-hydrogen) atoms. The molecule has 170 valence electrons. The van der Waals surface area contributed by atoms with Gasteiger partial charge in [0, 0.05) is 43.4 Å². The molecule has 1 saturated heterocycles. The first-order valence-electron chi connectivity index (χ1n) is 11.2. The van der Waals surface area contributed by atoms with E-state index in [4.69, 9.17) is 4.98 Å². The van der Waals surface area contributed by atoms with Crippen LogP contribution >= 0.6 is 0 Å². The number of nitrogens with one attached hydrogen (secondary N) is 2. The SMILES string of the molecule is CCNC(=O)C1CCN(c2cc(Nc3ccc(C(C)(C)O)cc3)nc3cc(C)nn23)CC1. The van der Waals surface area contributed by atoms with Crippen LogP contribution in [0.2, 0.25) is 0 Å². The van der Waals surface area contributed by atoms with Gasteiger partial charge in [-0.3, -0.25) is 4.79 Å². The molecule has 3 heterocycles. The van der Waals surface area contributed by atoms with E-state index >= 15 is 0 Å². The number of nitrogens with zero attached hydrogens (tertiary/aromatic N) is 4. The molecule has 0 unspecified atom stereocenters. The van der Waals surface area contributed by atoms with Gasteiger partial charge in [-0.25, -0.2) is 4.98 Å². The Morgan fingerprint density at radius 2 is 1.88 bits per heavy atom. The maximum Gasteiger partial charge on any atom is 0.223 e. The first kappa shape index (κ1) is 22.1. The summed E-state index contributed by atoms with van der Waals surface area (Å²) in [5.41, 5.74) is 2.56. The highest BCUT2D eigenvalue weighted by Gasteiger charge is 2.26. The minimum atomic E-state index is -0.877. The number of aliphatic hydroxyl groups is 1. The van der Waals surface area contributed by atoms with Gasteiger partial charge in [0.1, 0.15) is 11.6 Å². The normalized spacial score (nSPS) is 15.2. The molecule has 0 saturated carbocycles.